The Balaban J connectivity index is 1.50. The molecule has 0 saturated heterocycles. The number of anilines is 1. The molecule has 0 spiro atoms. The fraction of sp³-hybridized carbons (Fsp3) is 0.154. The van der Waals surface area contributed by atoms with Crippen molar-refractivity contribution in [3.63, 3.8) is 0 Å². The Morgan fingerprint density at radius 1 is 0.882 bits per heavy atom. The fourth-order valence-corrected chi connectivity index (χ4v) is 3.36. The number of benzene rings is 3. The van der Waals surface area contributed by atoms with Crippen molar-refractivity contribution in [2.24, 2.45) is 0 Å². The zero-order valence-corrected chi connectivity index (χ0v) is 18.7. The number of nitrogens with one attached hydrogen (secondary N) is 2. The number of methoxy groups -OCH3 is 2. The molecule has 8 heteroatoms. The average Bonchev–Trinajstić information content (AvgIpc) is 3.34. The topological polar surface area (TPSA) is 95.1 Å². The number of carbonyl (C=O) groups is 2. The summed E-state index contributed by atoms with van der Waals surface area (Å²) >= 11 is 0. The Bertz CT molecular complexity index is 1190. The number of hydrogen-bond acceptors (Lipinski definition) is 6. The Labute approximate surface area is 197 Å². The maximum atomic E-state index is 13.1. The second-order valence-corrected chi connectivity index (χ2v) is 7.38. The van der Waals surface area contributed by atoms with Gasteiger partial charge in [-0.05, 0) is 65.7 Å². The molecule has 1 aliphatic heterocycles. The first-order chi connectivity index (χ1) is 16.6. The highest BCUT2D eigenvalue weighted by atomic mass is 16.7. The van der Waals surface area contributed by atoms with Crippen molar-refractivity contribution in [1.29, 1.82) is 0 Å². The van der Waals surface area contributed by atoms with Crippen molar-refractivity contribution in [2.75, 3.05) is 26.3 Å². The lowest BCUT2D eigenvalue weighted by Crippen LogP contribution is -2.36. The van der Waals surface area contributed by atoms with Crippen LogP contribution in [0.15, 0.2) is 72.8 Å². The van der Waals surface area contributed by atoms with E-state index in [1.165, 1.54) is 6.08 Å². The molecule has 34 heavy (non-hydrogen) atoms. The molecule has 0 aliphatic carbocycles. The van der Waals surface area contributed by atoms with Gasteiger partial charge in [-0.15, -0.1) is 0 Å². The Kier molecular flexibility index (Phi) is 6.98. The van der Waals surface area contributed by atoms with Crippen molar-refractivity contribution in [2.45, 2.75) is 6.04 Å². The van der Waals surface area contributed by atoms with E-state index in [1.807, 2.05) is 6.07 Å². The maximum Gasteiger partial charge on any atom is 0.251 e. The molecule has 2 amide bonds. The summed E-state index contributed by atoms with van der Waals surface area (Å²) in [5, 5.41) is 5.61. The Hall–Kier alpha value is -4.46. The van der Waals surface area contributed by atoms with Crippen LogP contribution in [0.1, 0.15) is 17.2 Å². The van der Waals surface area contributed by atoms with Crippen LogP contribution in [0.4, 0.5) is 5.69 Å². The van der Waals surface area contributed by atoms with E-state index in [9.17, 15) is 9.59 Å². The van der Waals surface area contributed by atoms with Gasteiger partial charge in [-0.1, -0.05) is 18.2 Å². The van der Waals surface area contributed by atoms with Gasteiger partial charge >= 0.3 is 0 Å². The highest BCUT2D eigenvalue weighted by molar-refractivity contribution is 6.00. The van der Waals surface area contributed by atoms with Gasteiger partial charge in [0.25, 0.3) is 5.91 Å². The largest absolute Gasteiger partial charge is 0.497 e. The van der Waals surface area contributed by atoms with Gasteiger partial charge in [-0.3, -0.25) is 9.59 Å². The number of fused-ring (bicyclic) bond motifs is 1. The highest BCUT2D eigenvalue weighted by Gasteiger charge is 2.22. The van der Waals surface area contributed by atoms with Gasteiger partial charge < -0.3 is 29.6 Å². The van der Waals surface area contributed by atoms with E-state index >= 15 is 0 Å². The van der Waals surface area contributed by atoms with Gasteiger partial charge in [0.05, 0.1) is 14.2 Å². The van der Waals surface area contributed by atoms with E-state index in [0.717, 1.165) is 5.56 Å². The van der Waals surface area contributed by atoms with Gasteiger partial charge in [0.2, 0.25) is 12.7 Å². The predicted octanol–water partition coefficient (Wildman–Crippen LogP) is 3.94. The standard InChI is InChI=1S/C26H24N2O6/c1-31-20-9-5-18(6-10-20)25(26(30)27-19-7-11-21(32-2)12-8-19)28-24(29)14-4-17-3-13-22-23(15-17)34-16-33-22/h3-15,25H,16H2,1-2H3,(H,27,30)(H,28,29)/b14-4-/t25-/m0/s1. The van der Waals surface area contributed by atoms with Crippen molar-refractivity contribution < 1.29 is 28.5 Å². The predicted molar refractivity (Wildman–Crippen MR) is 127 cm³/mol. The van der Waals surface area contributed by atoms with Crippen LogP contribution in [0.3, 0.4) is 0 Å². The van der Waals surface area contributed by atoms with E-state index in [0.29, 0.717) is 34.2 Å². The number of ether oxygens (including phenoxy) is 4. The van der Waals surface area contributed by atoms with Crippen LogP contribution in [-0.2, 0) is 9.59 Å². The van der Waals surface area contributed by atoms with Crippen molar-refractivity contribution in [3.8, 4) is 23.0 Å². The van der Waals surface area contributed by atoms with E-state index in [1.54, 1.807) is 81.0 Å². The van der Waals surface area contributed by atoms with Gasteiger partial charge in [-0.25, -0.2) is 0 Å². The molecule has 3 aromatic carbocycles. The van der Waals surface area contributed by atoms with E-state index in [2.05, 4.69) is 10.6 Å². The molecule has 4 rings (SSSR count). The first-order valence-electron chi connectivity index (χ1n) is 10.5. The summed E-state index contributed by atoms with van der Waals surface area (Å²) in [4.78, 5) is 25.8. The van der Waals surface area contributed by atoms with E-state index in [-0.39, 0.29) is 12.7 Å². The van der Waals surface area contributed by atoms with Crippen molar-refractivity contribution in [1.82, 2.24) is 5.32 Å². The molecule has 174 valence electrons. The summed E-state index contributed by atoms with van der Waals surface area (Å²) in [6.07, 6.45) is 3.01. The molecule has 1 atom stereocenters. The SMILES string of the molecule is COc1ccc(NC(=O)[C@@H](NC(=O)/C=C\c2ccc3c(c2)OCO3)c2ccc(OC)cc2)cc1. The first-order valence-corrected chi connectivity index (χ1v) is 10.5. The molecule has 1 heterocycles. The molecule has 8 nitrogen and oxygen atoms in total. The van der Waals surface area contributed by atoms with Crippen LogP contribution < -0.4 is 29.6 Å². The van der Waals surface area contributed by atoms with Crippen LogP contribution in [0.2, 0.25) is 0 Å². The molecule has 3 aromatic rings. The monoisotopic (exact) mass is 460 g/mol. The Morgan fingerprint density at radius 3 is 2.21 bits per heavy atom. The maximum absolute atomic E-state index is 13.1. The van der Waals surface area contributed by atoms with Gasteiger partial charge in [0.15, 0.2) is 11.5 Å². The molecule has 0 aromatic heterocycles. The molecule has 0 fully saturated rings. The lowest BCUT2D eigenvalue weighted by molar-refractivity contribution is -0.123. The molecule has 1 aliphatic rings. The minimum Gasteiger partial charge on any atom is -0.497 e. The summed E-state index contributed by atoms with van der Waals surface area (Å²) in [6.45, 7) is 0.176. The first kappa shape index (κ1) is 22.7. The third-order valence-corrected chi connectivity index (χ3v) is 5.18. The van der Waals surface area contributed by atoms with Gasteiger partial charge in [0, 0.05) is 11.8 Å². The number of hydrogen-bond donors (Lipinski definition) is 2. The lowest BCUT2D eigenvalue weighted by Gasteiger charge is -2.18. The molecule has 0 bridgehead atoms. The van der Waals surface area contributed by atoms with Crippen molar-refractivity contribution >= 4 is 23.6 Å². The summed E-state index contributed by atoms with van der Waals surface area (Å²) in [6, 6.07) is 18.3. The third-order valence-electron chi connectivity index (χ3n) is 5.18. The zero-order chi connectivity index (χ0) is 23.9. The summed E-state index contributed by atoms with van der Waals surface area (Å²) in [7, 11) is 3.13. The minimum absolute atomic E-state index is 0.176. The van der Waals surface area contributed by atoms with Crippen LogP contribution >= 0.6 is 0 Å². The normalized spacial score (nSPS) is 12.8. The molecular formula is C26H24N2O6. The fourth-order valence-electron chi connectivity index (χ4n) is 3.36. The third kappa shape index (κ3) is 5.47. The van der Waals surface area contributed by atoms with Gasteiger partial charge in [-0.2, -0.15) is 0 Å². The average molecular weight is 460 g/mol. The molecular weight excluding hydrogens is 436 g/mol. The molecule has 0 saturated carbocycles. The zero-order valence-electron chi connectivity index (χ0n) is 18.7. The minimum atomic E-state index is -0.929. The van der Waals surface area contributed by atoms with Crippen LogP contribution in [0, 0.1) is 0 Å². The molecule has 0 radical (unpaired) electrons. The summed E-state index contributed by atoms with van der Waals surface area (Å²) in [5.41, 5.74) is 1.95. The second kappa shape index (κ2) is 10.4. The quantitative estimate of drug-likeness (QED) is 0.495. The summed E-state index contributed by atoms with van der Waals surface area (Å²) in [5.74, 6) is 1.79. The lowest BCUT2D eigenvalue weighted by atomic mass is 10.1. The second-order valence-electron chi connectivity index (χ2n) is 7.38. The van der Waals surface area contributed by atoms with Crippen LogP contribution in [-0.4, -0.2) is 32.8 Å². The van der Waals surface area contributed by atoms with E-state index in [4.69, 9.17) is 18.9 Å². The number of carbonyl (C=O) groups excluding carboxylic acids is 2. The summed E-state index contributed by atoms with van der Waals surface area (Å²) < 4.78 is 21.0. The smallest absolute Gasteiger partial charge is 0.251 e. The van der Waals surface area contributed by atoms with Crippen LogP contribution in [0.5, 0.6) is 23.0 Å². The highest BCUT2D eigenvalue weighted by Crippen LogP contribution is 2.32. The van der Waals surface area contributed by atoms with Gasteiger partial charge in [0.1, 0.15) is 17.5 Å². The number of amides is 2. The molecule has 2 N–H and O–H groups in total. The number of rotatable bonds is 8. The Morgan fingerprint density at radius 2 is 1.53 bits per heavy atom. The molecule has 0 unspecified atom stereocenters. The van der Waals surface area contributed by atoms with E-state index < -0.39 is 11.9 Å². The van der Waals surface area contributed by atoms with Crippen molar-refractivity contribution in [3.05, 3.63) is 83.9 Å². The van der Waals surface area contributed by atoms with Crippen LogP contribution in [0.25, 0.3) is 6.08 Å².